The lowest BCUT2D eigenvalue weighted by Crippen LogP contribution is -2.45. The second-order valence-corrected chi connectivity index (χ2v) is 11.5. The molecular formula is C35H34Cl2N4O7. The van der Waals surface area contributed by atoms with Crippen molar-refractivity contribution in [2.45, 2.75) is 32.7 Å². The number of urea groups is 1. The number of carbonyl (C=O) groups is 2. The average Bonchev–Trinajstić information content (AvgIpc) is 3.07. The number of aliphatic hydroxyl groups is 1. The summed E-state index contributed by atoms with van der Waals surface area (Å²) < 4.78 is 22.7. The fourth-order valence-electron chi connectivity index (χ4n) is 5.14. The molecule has 11 nitrogen and oxygen atoms in total. The van der Waals surface area contributed by atoms with E-state index >= 15 is 0 Å². The summed E-state index contributed by atoms with van der Waals surface area (Å²) >= 11 is 12.4. The van der Waals surface area contributed by atoms with E-state index in [4.69, 9.17) is 42.1 Å². The Balaban J connectivity index is 1.28. The van der Waals surface area contributed by atoms with Crippen LogP contribution in [0.25, 0.3) is 10.8 Å². The number of esters is 1. The topological polar surface area (TPSA) is 140 Å². The number of methoxy groups -OCH3 is 1. The fourth-order valence-corrected chi connectivity index (χ4v) is 5.60. The second-order valence-electron chi connectivity index (χ2n) is 10.6. The number of hydrogen-bond donors (Lipinski definition) is 4. The van der Waals surface area contributed by atoms with Crippen LogP contribution in [0.5, 0.6) is 17.2 Å². The second kappa shape index (κ2) is 15.7. The number of rotatable bonds is 13. The molecule has 0 aromatic heterocycles. The standard InChI is InChI=1S/C35H34Cl2N4O7/c1-4-46-30-15-22(33-32(34(43)45-3)20(2)39-35(44)40-33)11-14-29(30)48-19-31(42)41-38-17-26-25-8-6-5-7-21(25)10-13-28(26)47-18-23-9-12-24(36)16-27(23)37/h5-17,31,33,41-42H,4,18-19H2,1-3H3,(H2,39,40,44)/b38-17+/t31-,33+/m0/s1. The Morgan fingerprint density at radius 1 is 1.02 bits per heavy atom. The molecule has 0 saturated carbocycles. The highest BCUT2D eigenvalue weighted by Gasteiger charge is 2.32. The molecule has 0 bridgehead atoms. The SMILES string of the molecule is CCOc1cc([C@H]2NC(=O)NC(C)=C2C(=O)OC)ccc1OC[C@H](O)N/N=C/c1c(OCc2ccc(Cl)cc2Cl)ccc2ccccc12. The van der Waals surface area contributed by atoms with Crippen LogP contribution in [0.3, 0.4) is 0 Å². The smallest absolute Gasteiger partial charge is 0.337 e. The van der Waals surface area contributed by atoms with Gasteiger partial charge in [-0.3, -0.25) is 5.43 Å². The van der Waals surface area contributed by atoms with Crippen molar-refractivity contribution in [1.29, 1.82) is 0 Å². The summed E-state index contributed by atoms with van der Waals surface area (Å²) in [6, 6.07) is 20.6. The molecule has 4 aromatic rings. The minimum atomic E-state index is -1.19. The molecule has 1 aliphatic rings. The number of carbonyl (C=O) groups excluding carboxylic acids is 2. The van der Waals surface area contributed by atoms with Crippen LogP contribution < -0.4 is 30.3 Å². The number of allylic oxidation sites excluding steroid dienone is 1. The molecule has 5 rings (SSSR count). The predicted octanol–water partition coefficient (Wildman–Crippen LogP) is 6.25. The van der Waals surface area contributed by atoms with Gasteiger partial charge in [0.25, 0.3) is 0 Å². The van der Waals surface area contributed by atoms with Gasteiger partial charge in [-0.1, -0.05) is 65.7 Å². The van der Waals surface area contributed by atoms with Gasteiger partial charge in [-0.25, -0.2) is 9.59 Å². The van der Waals surface area contributed by atoms with Crippen molar-refractivity contribution in [1.82, 2.24) is 16.1 Å². The van der Waals surface area contributed by atoms with Gasteiger partial charge in [-0.15, -0.1) is 0 Å². The van der Waals surface area contributed by atoms with Gasteiger partial charge in [0.15, 0.2) is 17.7 Å². The summed E-state index contributed by atoms with van der Waals surface area (Å²) in [6.45, 7) is 3.79. The highest BCUT2D eigenvalue weighted by molar-refractivity contribution is 6.35. The van der Waals surface area contributed by atoms with Crippen LogP contribution in [-0.4, -0.2) is 49.9 Å². The lowest BCUT2D eigenvalue weighted by molar-refractivity contribution is -0.136. The number of hydrazone groups is 1. The molecule has 48 heavy (non-hydrogen) atoms. The molecule has 4 N–H and O–H groups in total. The van der Waals surface area contributed by atoms with Crippen LogP contribution in [0.1, 0.15) is 36.6 Å². The zero-order valence-corrected chi connectivity index (χ0v) is 27.9. The van der Waals surface area contributed by atoms with Crippen LogP contribution in [0.15, 0.2) is 89.2 Å². The third kappa shape index (κ3) is 8.11. The minimum Gasteiger partial charge on any atom is -0.490 e. The lowest BCUT2D eigenvalue weighted by atomic mass is 9.95. The molecular weight excluding hydrogens is 659 g/mol. The van der Waals surface area contributed by atoms with E-state index in [2.05, 4.69) is 21.2 Å². The first-order valence-corrected chi connectivity index (χ1v) is 15.7. The predicted molar refractivity (Wildman–Crippen MR) is 184 cm³/mol. The summed E-state index contributed by atoms with van der Waals surface area (Å²) in [5.74, 6) is 0.698. The quantitative estimate of drug-likeness (QED) is 0.0559. The van der Waals surface area contributed by atoms with E-state index in [1.54, 1.807) is 43.5 Å². The maximum Gasteiger partial charge on any atom is 0.337 e. The zero-order valence-electron chi connectivity index (χ0n) is 26.4. The molecule has 4 aromatic carbocycles. The van der Waals surface area contributed by atoms with Crippen molar-refractivity contribution in [2.24, 2.45) is 5.10 Å². The molecule has 0 saturated heterocycles. The summed E-state index contributed by atoms with van der Waals surface area (Å²) in [4.78, 5) is 24.7. The molecule has 2 amide bonds. The van der Waals surface area contributed by atoms with Gasteiger partial charge in [0.1, 0.15) is 19.0 Å². The van der Waals surface area contributed by atoms with Crippen LogP contribution in [0, 0.1) is 0 Å². The van der Waals surface area contributed by atoms with Gasteiger partial charge in [0, 0.05) is 26.9 Å². The van der Waals surface area contributed by atoms with Crippen molar-refractivity contribution < 1.29 is 33.6 Å². The number of hydrogen-bond acceptors (Lipinski definition) is 9. The number of nitrogens with one attached hydrogen (secondary N) is 3. The number of aliphatic hydroxyl groups excluding tert-OH is 1. The third-order valence-electron chi connectivity index (χ3n) is 7.42. The van der Waals surface area contributed by atoms with E-state index < -0.39 is 24.3 Å². The molecule has 2 atom stereocenters. The normalized spacial score (nSPS) is 15.1. The summed E-state index contributed by atoms with van der Waals surface area (Å²) in [5.41, 5.74) is 5.39. The van der Waals surface area contributed by atoms with Crippen molar-refractivity contribution in [2.75, 3.05) is 20.3 Å². The van der Waals surface area contributed by atoms with Gasteiger partial charge >= 0.3 is 12.0 Å². The number of nitrogens with zero attached hydrogens (tertiary/aromatic N) is 1. The lowest BCUT2D eigenvalue weighted by Gasteiger charge is -2.28. The van der Waals surface area contributed by atoms with Gasteiger partial charge in [0.2, 0.25) is 0 Å². The van der Waals surface area contributed by atoms with Gasteiger partial charge in [-0.2, -0.15) is 5.10 Å². The van der Waals surface area contributed by atoms with E-state index in [1.165, 1.54) is 7.11 Å². The number of fused-ring (bicyclic) bond motifs is 1. The van der Waals surface area contributed by atoms with E-state index in [-0.39, 0.29) is 18.8 Å². The molecule has 1 heterocycles. The van der Waals surface area contributed by atoms with E-state index in [9.17, 15) is 14.7 Å². The van der Waals surface area contributed by atoms with Crippen molar-refractivity contribution in [3.63, 3.8) is 0 Å². The van der Waals surface area contributed by atoms with E-state index in [0.29, 0.717) is 50.7 Å². The summed E-state index contributed by atoms with van der Waals surface area (Å²) in [6.07, 6.45) is 0.384. The Labute approximate surface area is 287 Å². The molecule has 0 spiro atoms. The maximum atomic E-state index is 12.5. The first-order valence-electron chi connectivity index (χ1n) is 15.0. The largest absolute Gasteiger partial charge is 0.490 e. The number of amides is 2. The van der Waals surface area contributed by atoms with Gasteiger partial charge < -0.3 is 34.7 Å². The Kier molecular flexibility index (Phi) is 11.3. The van der Waals surface area contributed by atoms with Gasteiger partial charge in [0.05, 0.1) is 31.5 Å². The van der Waals surface area contributed by atoms with Crippen LogP contribution in [0.4, 0.5) is 4.79 Å². The molecule has 0 aliphatic carbocycles. The Morgan fingerprint density at radius 2 is 1.81 bits per heavy atom. The summed E-state index contributed by atoms with van der Waals surface area (Å²) in [5, 5.41) is 23.2. The van der Waals surface area contributed by atoms with E-state index in [0.717, 1.165) is 16.3 Å². The highest BCUT2D eigenvalue weighted by Crippen LogP contribution is 2.35. The maximum absolute atomic E-state index is 12.5. The first kappa shape index (κ1) is 34.4. The monoisotopic (exact) mass is 692 g/mol. The molecule has 0 fully saturated rings. The average molecular weight is 694 g/mol. The van der Waals surface area contributed by atoms with Crippen LogP contribution in [-0.2, 0) is 16.1 Å². The van der Waals surface area contributed by atoms with Crippen molar-refractivity contribution >= 4 is 52.2 Å². The Bertz CT molecular complexity index is 1880. The van der Waals surface area contributed by atoms with Crippen molar-refractivity contribution in [3.8, 4) is 17.2 Å². The third-order valence-corrected chi connectivity index (χ3v) is 8.01. The first-order chi connectivity index (χ1) is 23.2. The molecule has 0 radical (unpaired) electrons. The number of ether oxygens (including phenoxy) is 4. The highest BCUT2D eigenvalue weighted by atomic mass is 35.5. The van der Waals surface area contributed by atoms with Crippen molar-refractivity contribution in [3.05, 3.63) is 111 Å². The molecule has 250 valence electrons. The van der Waals surface area contributed by atoms with Gasteiger partial charge in [-0.05, 0) is 60.5 Å². The van der Waals surface area contributed by atoms with Crippen LogP contribution in [0.2, 0.25) is 10.0 Å². The molecule has 0 unspecified atom stereocenters. The molecule has 1 aliphatic heterocycles. The zero-order chi connectivity index (χ0) is 34.2. The van der Waals surface area contributed by atoms with E-state index in [1.807, 2.05) is 49.4 Å². The molecule has 13 heteroatoms. The minimum absolute atomic E-state index is 0.179. The van der Waals surface area contributed by atoms with Crippen LogP contribution >= 0.6 is 23.2 Å². The Hall–Kier alpha value is -4.97. The fraction of sp³-hybridized carbons (Fsp3) is 0.229. The summed E-state index contributed by atoms with van der Waals surface area (Å²) in [7, 11) is 1.27. The number of benzene rings is 4. The Morgan fingerprint density at radius 3 is 2.58 bits per heavy atom. The number of halogens is 2.